The molecule has 3 aliphatic rings. The molecule has 1 aliphatic heterocycles. The molecule has 0 unspecified atom stereocenters. The van der Waals surface area contributed by atoms with E-state index in [-0.39, 0.29) is 17.1 Å². The van der Waals surface area contributed by atoms with Crippen LogP contribution in [-0.2, 0) is 12.1 Å². The minimum Gasteiger partial charge on any atom is -0.318 e. The van der Waals surface area contributed by atoms with Crippen LogP contribution in [0.15, 0.2) is 54.6 Å². The smallest absolute Gasteiger partial charge is 0.318 e. The summed E-state index contributed by atoms with van der Waals surface area (Å²) < 4.78 is 0. The van der Waals surface area contributed by atoms with Crippen LogP contribution in [0.5, 0.6) is 0 Å². The summed E-state index contributed by atoms with van der Waals surface area (Å²) in [5.74, 6) is 0.650. The van der Waals surface area contributed by atoms with Crippen LogP contribution in [-0.4, -0.2) is 53.0 Å². The number of rotatable bonds is 7. The van der Waals surface area contributed by atoms with Gasteiger partial charge in [0.25, 0.3) is 0 Å². The van der Waals surface area contributed by atoms with Gasteiger partial charge in [-0.25, -0.2) is 4.79 Å². The van der Waals surface area contributed by atoms with Crippen molar-refractivity contribution in [2.24, 2.45) is 5.92 Å². The molecule has 5 heteroatoms. The van der Waals surface area contributed by atoms with Crippen molar-refractivity contribution in [1.82, 2.24) is 14.7 Å². The van der Waals surface area contributed by atoms with Crippen molar-refractivity contribution in [3.05, 3.63) is 71.3 Å². The fourth-order valence-electron chi connectivity index (χ4n) is 6.67. The minimum atomic E-state index is -0.0909. The molecule has 5 rings (SSSR count). The van der Waals surface area contributed by atoms with Gasteiger partial charge in [-0.3, -0.25) is 4.90 Å². The normalized spacial score (nSPS) is 26.9. The van der Waals surface area contributed by atoms with Crippen molar-refractivity contribution in [3.8, 4) is 6.07 Å². The molecular weight excluding hydrogens is 432 g/mol. The second-order valence-electron chi connectivity index (χ2n) is 11.0. The number of amides is 2. The number of urea groups is 1. The molecule has 0 N–H and O–H groups in total. The lowest BCUT2D eigenvalue weighted by molar-refractivity contribution is 0.00699. The van der Waals surface area contributed by atoms with Gasteiger partial charge in [-0.05, 0) is 81.3 Å². The van der Waals surface area contributed by atoms with Crippen molar-refractivity contribution in [2.75, 3.05) is 26.7 Å². The summed E-state index contributed by atoms with van der Waals surface area (Å²) in [4.78, 5) is 20.7. The van der Waals surface area contributed by atoms with E-state index in [9.17, 15) is 10.1 Å². The van der Waals surface area contributed by atoms with Crippen LogP contribution in [0.3, 0.4) is 0 Å². The third-order valence-electron chi connectivity index (χ3n) is 9.18. The Hall–Kier alpha value is -2.84. The molecular formula is C30H38N4O. The first-order valence-electron chi connectivity index (χ1n) is 13.3. The van der Waals surface area contributed by atoms with E-state index in [0.29, 0.717) is 18.0 Å². The summed E-state index contributed by atoms with van der Waals surface area (Å²) in [5, 5.41) is 9.31. The lowest BCUT2D eigenvalue weighted by Crippen LogP contribution is -2.57. The maximum atomic E-state index is 13.8. The van der Waals surface area contributed by atoms with Gasteiger partial charge in [0.1, 0.15) is 0 Å². The predicted molar refractivity (Wildman–Crippen MR) is 139 cm³/mol. The summed E-state index contributed by atoms with van der Waals surface area (Å²) in [6.07, 6.45) is 7.97. The Balaban J connectivity index is 1.41. The highest BCUT2D eigenvalue weighted by Gasteiger charge is 2.55. The van der Waals surface area contributed by atoms with Gasteiger partial charge in [-0.2, -0.15) is 5.26 Å². The van der Waals surface area contributed by atoms with Crippen LogP contribution in [0.4, 0.5) is 4.79 Å². The third-order valence-corrected chi connectivity index (χ3v) is 9.18. The van der Waals surface area contributed by atoms with E-state index in [1.807, 2.05) is 29.2 Å². The van der Waals surface area contributed by atoms with Gasteiger partial charge in [-0.1, -0.05) is 55.8 Å². The molecule has 2 saturated carbocycles. The molecule has 2 amide bonds. The van der Waals surface area contributed by atoms with Gasteiger partial charge in [-0.15, -0.1) is 0 Å². The largest absolute Gasteiger partial charge is 0.320 e. The molecule has 0 radical (unpaired) electrons. The molecule has 1 spiro atoms. The first-order chi connectivity index (χ1) is 17.0. The summed E-state index contributed by atoms with van der Waals surface area (Å²) in [7, 11) is 2.26. The second kappa shape index (κ2) is 9.66. The number of benzene rings is 2. The van der Waals surface area contributed by atoms with Gasteiger partial charge in [0, 0.05) is 25.2 Å². The zero-order chi connectivity index (χ0) is 24.5. The number of nitrogens with zero attached hydrogens (tertiary/aromatic N) is 4. The quantitative estimate of drug-likeness (QED) is 0.517. The van der Waals surface area contributed by atoms with Crippen LogP contribution in [0.1, 0.15) is 68.6 Å². The molecule has 1 heterocycles. The molecule has 3 fully saturated rings. The predicted octanol–water partition coefficient (Wildman–Crippen LogP) is 5.76. The maximum Gasteiger partial charge on any atom is 0.320 e. The molecule has 35 heavy (non-hydrogen) atoms. The Bertz CT molecular complexity index is 1080. The Morgan fingerprint density at radius 2 is 1.80 bits per heavy atom. The third kappa shape index (κ3) is 4.34. The van der Waals surface area contributed by atoms with Crippen LogP contribution in [0, 0.1) is 17.2 Å². The highest BCUT2D eigenvalue weighted by molar-refractivity contribution is 5.78. The number of carbonyl (C=O) groups is 1. The maximum absolute atomic E-state index is 13.8. The van der Waals surface area contributed by atoms with E-state index in [1.54, 1.807) is 0 Å². The number of carbonyl (C=O) groups excluding carboxylic acids is 1. The molecule has 0 aromatic heterocycles. The van der Waals surface area contributed by atoms with E-state index in [2.05, 4.69) is 60.2 Å². The van der Waals surface area contributed by atoms with E-state index < -0.39 is 0 Å². The molecule has 2 aliphatic carbocycles. The van der Waals surface area contributed by atoms with Crippen LogP contribution in [0.2, 0.25) is 0 Å². The zero-order valence-corrected chi connectivity index (χ0v) is 21.2. The number of hydrogen-bond donors (Lipinski definition) is 0. The average molecular weight is 471 g/mol. The van der Waals surface area contributed by atoms with Crippen molar-refractivity contribution >= 4 is 6.03 Å². The standard InChI is InChI=1S/C30H38N4O/c1-3-32(2)30(27-13-5-4-6-14-27)17-15-29(16-18-30)23-33(21-26-12-8-11-25(19-26)20-31)28(35)34(29)22-24-9-7-10-24/h4-6,8,11-14,19,24H,3,7,9-10,15-18,21-23H2,1-2H3. The minimum absolute atomic E-state index is 0.0288. The monoisotopic (exact) mass is 470 g/mol. The Morgan fingerprint density at radius 1 is 1.06 bits per heavy atom. The van der Waals surface area contributed by atoms with Crippen LogP contribution < -0.4 is 0 Å². The molecule has 0 bridgehead atoms. The summed E-state index contributed by atoms with van der Waals surface area (Å²) in [6.45, 7) is 5.52. The second-order valence-corrected chi connectivity index (χ2v) is 11.0. The zero-order valence-electron chi connectivity index (χ0n) is 21.2. The van der Waals surface area contributed by atoms with Crippen LogP contribution >= 0.6 is 0 Å². The SMILES string of the molecule is CCN(C)C1(c2ccccc2)CCC2(CC1)CN(Cc1cccc(C#N)c1)C(=O)N2CC1CCC1. The van der Waals surface area contributed by atoms with Gasteiger partial charge < -0.3 is 9.80 Å². The fraction of sp³-hybridized carbons (Fsp3) is 0.533. The lowest BCUT2D eigenvalue weighted by atomic mass is 9.68. The Labute approximate surface area is 210 Å². The van der Waals surface area contributed by atoms with E-state index in [1.165, 1.54) is 24.8 Å². The molecule has 0 atom stereocenters. The van der Waals surface area contributed by atoms with Crippen molar-refractivity contribution in [2.45, 2.75) is 69.5 Å². The topological polar surface area (TPSA) is 50.6 Å². The van der Waals surface area contributed by atoms with E-state index in [0.717, 1.165) is 50.9 Å². The van der Waals surface area contributed by atoms with Crippen molar-refractivity contribution in [3.63, 3.8) is 0 Å². The summed E-state index contributed by atoms with van der Waals surface area (Å²) in [5.41, 5.74) is 3.04. The molecule has 2 aromatic carbocycles. The lowest BCUT2D eigenvalue weighted by Gasteiger charge is -2.52. The van der Waals surface area contributed by atoms with E-state index in [4.69, 9.17) is 0 Å². The first kappa shape index (κ1) is 23.9. The molecule has 5 nitrogen and oxygen atoms in total. The fourth-order valence-corrected chi connectivity index (χ4v) is 6.67. The van der Waals surface area contributed by atoms with E-state index >= 15 is 0 Å². The van der Waals surface area contributed by atoms with Gasteiger partial charge in [0.2, 0.25) is 0 Å². The van der Waals surface area contributed by atoms with Crippen LogP contribution in [0.25, 0.3) is 0 Å². The van der Waals surface area contributed by atoms with Crippen molar-refractivity contribution in [1.29, 1.82) is 5.26 Å². The summed E-state index contributed by atoms with van der Waals surface area (Å²) in [6, 6.07) is 21.1. The van der Waals surface area contributed by atoms with Crippen molar-refractivity contribution < 1.29 is 4.79 Å². The number of nitriles is 1. The Morgan fingerprint density at radius 3 is 2.43 bits per heavy atom. The highest BCUT2D eigenvalue weighted by atomic mass is 16.2. The highest BCUT2D eigenvalue weighted by Crippen LogP contribution is 2.50. The molecule has 1 saturated heterocycles. The first-order valence-corrected chi connectivity index (χ1v) is 13.3. The average Bonchev–Trinajstić information content (AvgIpc) is 3.12. The van der Waals surface area contributed by atoms with Gasteiger partial charge >= 0.3 is 6.03 Å². The molecule has 184 valence electrons. The number of hydrogen-bond acceptors (Lipinski definition) is 3. The molecule has 2 aromatic rings. The van der Waals surface area contributed by atoms with Gasteiger partial charge in [0.15, 0.2) is 0 Å². The summed E-state index contributed by atoms with van der Waals surface area (Å²) >= 11 is 0. The Kier molecular flexibility index (Phi) is 6.59. The van der Waals surface area contributed by atoms with Gasteiger partial charge in [0.05, 0.1) is 17.2 Å².